The van der Waals surface area contributed by atoms with E-state index in [1.54, 1.807) is 29.2 Å². The predicted octanol–water partition coefficient (Wildman–Crippen LogP) is 5.71. The number of para-hydroxylation sites is 1. The number of halogens is 4. The van der Waals surface area contributed by atoms with E-state index in [0.29, 0.717) is 17.3 Å². The first kappa shape index (κ1) is 29.5. The molecule has 0 radical (unpaired) electrons. The van der Waals surface area contributed by atoms with Gasteiger partial charge in [0.05, 0.1) is 23.5 Å². The van der Waals surface area contributed by atoms with Crippen molar-refractivity contribution in [2.24, 2.45) is 0 Å². The van der Waals surface area contributed by atoms with Crippen LogP contribution in [0, 0.1) is 0 Å². The standard InChI is InChI=1S/C29H25ClF3N5O3S/c30-21-10-12-23(13-11-21)41-17-26(39)34-16-25-35-36-28(38(25)22-8-3-7-20(15-22)29(31,32)33)42-18-27(40)37-14-4-6-19-5-1-2-9-24(19)37/h1-3,5,7-13,15H,4,6,14,16-18H2,(H,34,39). The topological polar surface area (TPSA) is 89.3 Å². The number of fused-ring (bicyclic) bond motifs is 1. The zero-order valence-corrected chi connectivity index (χ0v) is 23.7. The van der Waals surface area contributed by atoms with Crippen LogP contribution in [0.3, 0.4) is 0 Å². The Kier molecular flexibility index (Phi) is 9.03. The molecule has 0 unspecified atom stereocenters. The number of aryl methyl sites for hydroxylation is 1. The summed E-state index contributed by atoms with van der Waals surface area (Å²) < 4.78 is 47.4. The van der Waals surface area contributed by atoms with Gasteiger partial charge in [0.2, 0.25) is 5.91 Å². The van der Waals surface area contributed by atoms with Crippen LogP contribution in [0.25, 0.3) is 5.69 Å². The number of hydrogen-bond donors (Lipinski definition) is 1. The van der Waals surface area contributed by atoms with Crippen molar-refractivity contribution in [3.05, 3.63) is 94.8 Å². The molecule has 218 valence electrons. The van der Waals surface area contributed by atoms with E-state index in [1.165, 1.54) is 16.7 Å². The molecule has 2 heterocycles. The number of benzene rings is 3. The van der Waals surface area contributed by atoms with Gasteiger partial charge in [0.15, 0.2) is 17.6 Å². The van der Waals surface area contributed by atoms with Crippen molar-refractivity contribution < 1.29 is 27.5 Å². The molecule has 0 aliphatic carbocycles. The number of hydrogen-bond acceptors (Lipinski definition) is 6. The molecule has 0 atom stereocenters. The van der Waals surface area contributed by atoms with Gasteiger partial charge in [-0.1, -0.05) is 47.6 Å². The summed E-state index contributed by atoms with van der Waals surface area (Å²) in [6, 6.07) is 18.9. The van der Waals surface area contributed by atoms with Gasteiger partial charge in [-0.25, -0.2) is 0 Å². The Morgan fingerprint density at radius 1 is 1.02 bits per heavy atom. The molecule has 8 nitrogen and oxygen atoms in total. The number of thioether (sulfide) groups is 1. The normalized spacial score (nSPS) is 13.0. The second kappa shape index (κ2) is 12.9. The van der Waals surface area contributed by atoms with E-state index in [2.05, 4.69) is 15.5 Å². The van der Waals surface area contributed by atoms with Crippen LogP contribution in [0.4, 0.5) is 18.9 Å². The first-order valence-corrected chi connectivity index (χ1v) is 14.3. The van der Waals surface area contributed by atoms with Crippen LogP contribution in [0.1, 0.15) is 23.4 Å². The Balaban J connectivity index is 1.33. The summed E-state index contributed by atoms with van der Waals surface area (Å²) in [6.45, 7) is 0.138. The summed E-state index contributed by atoms with van der Waals surface area (Å²) in [6.07, 6.45) is -2.85. The number of nitrogens with zero attached hydrogens (tertiary/aromatic N) is 4. The highest BCUT2D eigenvalue weighted by Crippen LogP contribution is 2.32. The molecule has 1 aromatic heterocycles. The minimum Gasteiger partial charge on any atom is -0.484 e. The maximum absolute atomic E-state index is 13.5. The van der Waals surface area contributed by atoms with Gasteiger partial charge >= 0.3 is 6.18 Å². The second-order valence-electron chi connectivity index (χ2n) is 9.37. The van der Waals surface area contributed by atoms with Gasteiger partial charge in [0.1, 0.15) is 5.75 Å². The lowest BCUT2D eigenvalue weighted by Gasteiger charge is -2.29. The average Bonchev–Trinajstić information content (AvgIpc) is 3.40. The monoisotopic (exact) mass is 615 g/mol. The molecule has 5 rings (SSSR count). The second-order valence-corrected chi connectivity index (χ2v) is 10.7. The van der Waals surface area contributed by atoms with Gasteiger partial charge in [-0.05, 0) is 66.9 Å². The van der Waals surface area contributed by atoms with E-state index in [-0.39, 0.29) is 41.5 Å². The maximum atomic E-state index is 13.5. The van der Waals surface area contributed by atoms with E-state index < -0.39 is 17.6 Å². The predicted molar refractivity (Wildman–Crippen MR) is 153 cm³/mol. The van der Waals surface area contributed by atoms with E-state index >= 15 is 0 Å². The number of amides is 2. The number of carbonyl (C=O) groups is 2. The molecule has 0 bridgehead atoms. The van der Waals surface area contributed by atoms with Crippen LogP contribution in [0.5, 0.6) is 5.75 Å². The molecule has 4 aromatic rings. The SMILES string of the molecule is O=C(COc1ccc(Cl)cc1)NCc1nnc(SCC(=O)N2CCCc3ccccc32)n1-c1cccc(C(F)(F)F)c1. The quantitative estimate of drug-likeness (QED) is 0.243. The maximum Gasteiger partial charge on any atom is 0.416 e. The van der Waals surface area contributed by atoms with Crippen molar-refractivity contribution in [2.75, 3.05) is 23.8 Å². The minimum absolute atomic E-state index is 0.00722. The zero-order valence-electron chi connectivity index (χ0n) is 22.1. The summed E-state index contributed by atoms with van der Waals surface area (Å²) in [5, 5.41) is 11.7. The highest BCUT2D eigenvalue weighted by Gasteiger charge is 2.31. The lowest BCUT2D eigenvalue weighted by molar-refractivity contribution is -0.137. The van der Waals surface area contributed by atoms with Crippen LogP contribution >= 0.6 is 23.4 Å². The summed E-state index contributed by atoms with van der Waals surface area (Å²) in [4.78, 5) is 27.4. The van der Waals surface area contributed by atoms with Crippen molar-refractivity contribution in [2.45, 2.75) is 30.7 Å². The van der Waals surface area contributed by atoms with Crippen LogP contribution in [0.15, 0.2) is 78.0 Å². The number of carbonyl (C=O) groups excluding carboxylic acids is 2. The van der Waals surface area contributed by atoms with Crippen LogP contribution in [-0.4, -0.2) is 45.5 Å². The Morgan fingerprint density at radius 2 is 1.81 bits per heavy atom. The third kappa shape index (κ3) is 7.05. The molecular weight excluding hydrogens is 591 g/mol. The largest absolute Gasteiger partial charge is 0.484 e. The van der Waals surface area contributed by atoms with Crippen LogP contribution in [0.2, 0.25) is 5.02 Å². The van der Waals surface area contributed by atoms with Gasteiger partial charge in [-0.15, -0.1) is 10.2 Å². The zero-order chi connectivity index (χ0) is 29.7. The van der Waals surface area contributed by atoms with E-state index in [9.17, 15) is 22.8 Å². The van der Waals surface area contributed by atoms with Gasteiger partial charge in [0.25, 0.3) is 5.91 Å². The Hall–Kier alpha value is -4.03. The first-order chi connectivity index (χ1) is 20.2. The Bertz CT molecular complexity index is 1580. The molecule has 42 heavy (non-hydrogen) atoms. The first-order valence-electron chi connectivity index (χ1n) is 13.0. The molecule has 2 amide bonds. The molecule has 1 N–H and O–H groups in total. The minimum atomic E-state index is -4.57. The smallest absolute Gasteiger partial charge is 0.416 e. The molecule has 0 spiro atoms. The highest BCUT2D eigenvalue weighted by molar-refractivity contribution is 7.99. The van der Waals surface area contributed by atoms with E-state index in [1.807, 2.05) is 24.3 Å². The molecular formula is C29H25ClF3N5O3S. The van der Waals surface area contributed by atoms with Crippen molar-refractivity contribution in [3.63, 3.8) is 0 Å². The van der Waals surface area contributed by atoms with E-state index in [4.69, 9.17) is 16.3 Å². The van der Waals surface area contributed by atoms with Crippen LogP contribution < -0.4 is 15.0 Å². The Morgan fingerprint density at radius 3 is 2.60 bits per heavy atom. The van der Waals surface area contributed by atoms with Crippen molar-refractivity contribution in [1.82, 2.24) is 20.1 Å². The highest BCUT2D eigenvalue weighted by atomic mass is 35.5. The van der Waals surface area contributed by atoms with Crippen molar-refractivity contribution in [3.8, 4) is 11.4 Å². The summed E-state index contributed by atoms with van der Waals surface area (Å²) in [7, 11) is 0. The molecule has 1 aliphatic heterocycles. The molecule has 0 saturated carbocycles. The van der Waals surface area contributed by atoms with E-state index in [0.717, 1.165) is 48.0 Å². The molecule has 0 saturated heterocycles. The van der Waals surface area contributed by atoms with Crippen LogP contribution in [-0.2, 0) is 28.7 Å². The van der Waals surface area contributed by atoms with Gasteiger partial charge in [0, 0.05) is 17.3 Å². The number of rotatable bonds is 9. The van der Waals surface area contributed by atoms with Crippen molar-refractivity contribution >= 4 is 40.9 Å². The summed E-state index contributed by atoms with van der Waals surface area (Å²) in [5.74, 6) is -0.00219. The van der Waals surface area contributed by atoms with Gasteiger partial charge < -0.3 is 15.0 Å². The third-order valence-electron chi connectivity index (χ3n) is 6.50. The van der Waals surface area contributed by atoms with Crippen molar-refractivity contribution in [1.29, 1.82) is 0 Å². The summed E-state index contributed by atoms with van der Waals surface area (Å²) >= 11 is 6.92. The fourth-order valence-corrected chi connectivity index (χ4v) is 5.47. The average molecular weight is 616 g/mol. The molecule has 3 aromatic carbocycles. The number of aromatic nitrogens is 3. The fraction of sp³-hybridized carbons (Fsp3) is 0.241. The lowest BCUT2D eigenvalue weighted by atomic mass is 10.0. The molecule has 13 heteroatoms. The third-order valence-corrected chi connectivity index (χ3v) is 7.66. The van der Waals surface area contributed by atoms with Gasteiger partial charge in [-0.3, -0.25) is 14.2 Å². The number of anilines is 1. The van der Waals surface area contributed by atoms with Gasteiger partial charge in [-0.2, -0.15) is 13.2 Å². The molecule has 1 aliphatic rings. The number of ether oxygens (including phenoxy) is 1. The number of alkyl halides is 3. The number of nitrogens with one attached hydrogen (secondary N) is 1. The molecule has 0 fully saturated rings. The fourth-order valence-electron chi connectivity index (χ4n) is 4.49. The summed E-state index contributed by atoms with van der Waals surface area (Å²) in [5.41, 5.74) is 1.25. The lowest BCUT2D eigenvalue weighted by Crippen LogP contribution is -2.36. The Labute approximate surface area is 248 Å².